The molecule has 0 unspecified atom stereocenters. The summed E-state index contributed by atoms with van der Waals surface area (Å²) in [6.45, 7) is 0.625. The summed E-state index contributed by atoms with van der Waals surface area (Å²) in [4.78, 5) is 28.6. The second-order valence-corrected chi connectivity index (χ2v) is 4.56. The Morgan fingerprint density at radius 2 is 2.25 bits per heavy atom. The van der Waals surface area contributed by atoms with Crippen LogP contribution in [0.4, 0.5) is 0 Å². The van der Waals surface area contributed by atoms with Gasteiger partial charge in [0.1, 0.15) is 0 Å². The van der Waals surface area contributed by atoms with Gasteiger partial charge >= 0.3 is 11.9 Å². The average molecular weight is 280 g/mol. The zero-order valence-electron chi connectivity index (χ0n) is 11.6. The first-order chi connectivity index (χ1) is 9.67. The van der Waals surface area contributed by atoms with Crippen molar-refractivity contribution in [2.75, 3.05) is 27.4 Å². The molecule has 0 N–H and O–H groups in total. The zero-order valence-corrected chi connectivity index (χ0v) is 11.6. The molecule has 0 radical (unpaired) electrons. The summed E-state index contributed by atoms with van der Waals surface area (Å²) >= 11 is 0. The molecule has 20 heavy (non-hydrogen) atoms. The summed E-state index contributed by atoms with van der Waals surface area (Å²) in [7, 11) is 2.71. The highest BCUT2D eigenvalue weighted by molar-refractivity contribution is 5.74. The van der Waals surface area contributed by atoms with Gasteiger partial charge in [-0.25, -0.2) is 6.07 Å². The van der Waals surface area contributed by atoms with E-state index < -0.39 is 0 Å². The number of hydroxylamine groups is 2. The smallest absolute Gasteiger partial charge is 0.312 e. The van der Waals surface area contributed by atoms with Crippen LogP contribution in [0.25, 0.3) is 0 Å². The molecule has 0 aromatic heterocycles. The molecule has 1 aliphatic rings. The van der Waals surface area contributed by atoms with Crippen LogP contribution in [0.3, 0.4) is 0 Å². The third-order valence-corrected chi connectivity index (χ3v) is 3.41. The molecule has 6 nitrogen and oxygen atoms in total. The van der Waals surface area contributed by atoms with Crippen LogP contribution in [0.15, 0.2) is 24.3 Å². The lowest BCUT2D eigenvalue weighted by atomic mass is 9.96. The fourth-order valence-corrected chi connectivity index (χ4v) is 2.39. The van der Waals surface area contributed by atoms with Crippen LogP contribution in [0.1, 0.15) is 18.0 Å². The van der Waals surface area contributed by atoms with Crippen LogP contribution in [0, 0.1) is 5.92 Å². The van der Waals surface area contributed by atoms with Gasteiger partial charge in [0, 0.05) is 12.6 Å². The van der Waals surface area contributed by atoms with E-state index in [1.807, 2.05) is 24.3 Å². The number of ether oxygens (including phenoxy) is 2. The minimum Gasteiger partial charge on any atom is -0.469 e. The summed E-state index contributed by atoms with van der Waals surface area (Å²) < 4.78 is 9.44. The van der Waals surface area contributed by atoms with E-state index in [0.29, 0.717) is 6.54 Å². The predicted molar refractivity (Wildman–Crippen MR) is 69.6 cm³/mol. The van der Waals surface area contributed by atoms with Crippen molar-refractivity contribution in [2.24, 2.45) is 5.92 Å². The van der Waals surface area contributed by atoms with E-state index in [0.717, 1.165) is 5.56 Å². The number of esters is 2. The molecular weight excluding hydrogens is 262 g/mol. The van der Waals surface area contributed by atoms with Crippen molar-refractivity contribution in [3.63, 3.8) is 0 Å². The Labute approximate surface area is 117 Å². The maximum absolute atomic E-state index is 11.8. The van der Waals surface area contributed by atoms with E-state index in [1.165, 1.54) is 14.2 Å². The standard InChI is InChI=1S/C14H18NO5/c1-18-12(16)7-8-15-13(10-5-3-4-6-10)11(9-20-15)14(17)19-2/h3-6,11,13H,7-9H2,1-2H3/q-1/t11-,13-/m1/s1. The number of carbonyl (C=O) groups excluding carboxylic acids is 2. The van der Waals surface area contributed by atoms with Crippen molar-refractivity contribution in [1.29, 1.82) is 0 Å². The van der Waals surface area contributed by atoms with Crippen molar-refractivity contribution in [3.8, 4) is 0 Å². The summed E-state index contributed by atoms with van der Waals surface area (Å²) in [5.74, 6) is -1.01. The highest BCUT2D eigenvalue weighted by Crippen LogP contribution is 2.36. The van der Waals surface area contributed by atoms with E-state index in [1.54, 1.807) is 5.06 Å². The van der Waals surface area contributed by atoms with Crippen LogP contribution in [-0.4, -0.2) is 44.4 Å². The van der Waals surface area contributed by atoms with Gasteiger partial charge in [-0.15, -0.1) is 0 Å². The monoisotopic (exact) mass is 280 g/mol. The van der Waals surface area contributed by atoms with Gasteiger partial charge in [-0.2, -0.15) is 28.8 Å². The third kappa shape index (κ3) is 3.02. The molecule has 0 saturated carbocycles. The molecule has 1 aliphatic heterocycles. The van der Waals surface area contributed by atoms with Gasteiger partial charge in [-0.05, 0) is 0 Å². The maximum Gasteiger partial charge on any atom is 0.312 e. The van der Waals surface area contributed by atoms with Gasteiger partial charge in [0.25, 0.3) is 0 Å². The van der Waals surface area contributed by atoms with E-state index >= 15 is 0 Å². The number of hydrogen-bond donors (Lipinski definition) is 0. The van der Waals surface area contributed by atoms with E-state index in [9.17, 15) is 9.59 Å². The Kier molecular flexibility index (Phi) is 4.81. The molecule has 2 atom stereocenters. The second kappa shape index (κ2) is 6.58. The molecule has 6 heteroatoms. The predicted octanol–water partition coefficient (Wildman–Crippen LogP) is 1.05. The Hall–Kier alpha value is -1.79. The highest BCUT2D eigenvalue weighted by atomic mass is 16.7. The molecule has 0 amide bonds. The van der Waals surface area contributed by atoms with Crippen molar-refractivity contribution >= 4 is 11.9 Å². The zero-order chi connectivity index (χ0) is 14.5. The summed E-state index contributed by atoms with van der Waals surface area (Å²) in [5.41, 5.74) is 0.975. The molecule has 1 aromatic rings. The van der Waals surface area contributed by atoms with Gasteiger partial charge in [-0.1, -0.05) is 0 Å². The van der Waals surface area contributed by atoms with Crippen molar-refractivity contribution < 1.29 is 23.9 Å². The normalized spacial score (nSPS) is 22.7. The lowest BCUT2D eigenvalue weighted by Crippen LogP contribution is -2.30. The van der Waals surface area contributed by atoms with Gasteiger partial charge in [-0.3, -0.25) is 14.4 Å². The first-order valence-electron chi connectivity index (χ1n) is 6.43. The molecule has 110 valence electrons. The number of rotatable bonds is 5. The fraction of sp³-hybridized carbons (Fsp3) is 0.500. The average Bonchev–Trinajstić information content (AvgIpc) is 3.12. The van der Waals surface area contributed by atoms with Crippen molar-refractivity contribution in [3.05, 3.63) is 29.8 Å². The number of methoxy groups -OCH3 is 2. The minimum atomic E-state index is -0.389. The minimum absolute atomic E-state index is 0.210. The van der Waals surface area contributed by atoms with Crippen LogP contribution in [0.2, 0.25) is 0 Å². The molecule has 1 saturated heterocycles. The summed E-state index contributed by atoms with van der Waals surface area (Å²) in [6, 6.07) is 7.43. The Morgan fingerprint density at radius 3 is 2.85 bits per heavy atom. The summed E-state index contributed by atoms with van der Waals surface area (Å²) in [6.07, 6.45) is 0.210. The van der Waals surface area contributed by atoms with E-state index in [4.69, 9.17) is 9.57 Å². The second-order valence-electron chi connectivity index (χ2n) is 4.56. The van der Waals surface area contributed by atoms with Crippen LogP contribution >= 0.6 is 0 Å². The first kappa shape index (κ1) is 14.6. The lowest BCUT2D eigenvalue weighted by Gasteiger charge is -2.28. The molecular formula is C14H18NO5-. The highest BCUT2D eigenvalue weighted by Gasteiger charge is 2.39. The van der Waals surface area contributed by atoms with Crippen molar-refractivity contribution in [1.82, 2.24) is 5.06 Å². The Bertz CT molecular complexity index is 456. The topological polar surface area (TPSA) is 65.1 Å². The van der Waals surface area contributed by atoms with Gasteiger partial charge in [0.2, 0.25) is 0 Å². The third-order valence-electron chi connectivity index (χ3n) is 3.41. The summed E-state index contributed by atoms with van der Waals surface area (Å²) in [5, 5.41) is 1.66. The first-order valence-corrected chi connectivity index (χ1v) is 6.43. The van der Waals surface area contributed by atoms with Gasteiger partial charge in [0.15, 0.2) is 0 Å². The number of nitrogens with zero attached hydrogens (tertiary/aromatic N) is 1. The van der Waals surface area contributed by atoms with Gasteiger partial charge in [0.05, 0.1) is 33.2 Å². The number of hydrogen-bond acceptors (Lipinski definition) is 6. The Morgan fingerprint density at radius 1 is 1.45 bits per heavy atom. The van der Waals surface area contributed by atoms with Gasteiger partial charge < -0.3 is 9.47 Å². The molecule has 0 aliphatic carbocycles. The maximum atomic E-state index is 11.8. The molecule has 1 fully saturated rings. The number of carbonyl (C=O) groups is 2. The quantitative estimate of drug-likeness (QED) is 0.593. The van der Waals surface area contributed by atoms with E-state index in [2.05, 4.69) is 4.74 Å². The Balaban J connectivity index is 2.11. The molecule has 0 bridgehead atoms. The molecule has 1 aromatic carbocycles. The molecule has 1 heterocycles. The van der Waals surface area contributed by atoms with Crippen LogP contribution in [0.5, 0.6) is 0 Å². The van der Waals surface area contributed by atoms with Crippen LogP contribution in [-0.2, 0) is 23.9 Å². The SMILES string of the molecule is COC(=O)CCN1OC[C@@H](C(=O)OC)[C@H]1c1cc[cH-]c1. The largest absolute Gasteiger partial charge is 0.469 e. The molecule has 2 rings (SSSR count). The van der Waals surface area contributed by atoms with Crippen LogP contribution < -0.4 is 0 Å². The fourth-order valence-electron chi connectivity index (χ4n) is 2.39. The lowest BCUT2D eigenvalue weighted by molar-refractivity contribution is -0.152. The molecule has 0 spiro atoms. The van der Waals surface area contributed by atoms with E-state index in [-0.39, 0.29) is 36.9 Å². The van der Waals surface area contributed by atoms with Crippen molar-refractivity contribution in [2.45, 2.75) is 12.5 Å².